The molecule has 1 rings (SSSR count). The summed E-state index contributed by atoms with van der Waals surface area (Å²) in [7, 11) is 0. The second kappa shape index (κ2) is 4.77. The first-order valence-electron chi connectivity index (χ1n) is 4.90. The largest absolute Gasteiger partial charge is 0.399 e. The Kier molecular flexibility index (Phi) is 3.66. The highest BCUT2D eigenvalue weighted by Crippen LogP contribution is 2.17. The van der Waals surface area contributed by atoms with Gasteiger partial charge in [-0.05, 0) is 24.6 Å². The van der Waals surface area contributed by atoms with Crippen LogP contribution in [0.15, 0.2) is 18.2 Å². The monoisotopic (exact) mass is 210 g/mol. The van der Waals surface area contributed by atoms with E-state index in [1.165, 1.54) is 12.1 Å². The molecule has 0 aliphatic carbocycles. The first kappa shape index (κ1) is 11.5. The van der Waals surface area contributed by atoms with Crippen molar-refractivity contribution in [1.82, 2.24) is 0 Å². The smallest absolute Gasteiger partial charge is 0.227 e. The molecule has 0 bridgehead atoms. The Balaban J connectivity index is 2.77. The summed E-state index contributed by atoms with van der Waals surface area (Å²) >= 11 is 0. The third-order valence-electron chi connectivity index (χ3n) is 2.31. The molecule has 3 N–H and O–H groups in total. The fourth-order valence-corrected chi connectivity index (χ4v) is 1.07. The summed E-state index contributed by atoms with van der Waals surface area (Å²) in [5.41, 5.74) is 5.91. The Morgan fingerprint density at radius 2 is 2.27 bits per heavy atom. The van der Waals surface area contributed by atoms with Gasteiger partial charge in [0.05, 0.1) is 5.69 Å². The van der Waals surface area contributed by atoms with Gasteiger partial charge in [-0.15, -0.1) is 0 Å². The van der Waals surface area contributed by atoms with Crippen LogP contribution >= 0.6 is 0 Å². The number of halogens is 1. The van der Waals surface area contributed by atoms with Crippen molar-refractivity contribution in [1.29, 1.82) is 0 Å². The normalized spacial score (nSPS) is 12.2. The van der Waals surface area contributed by atoms with Gasteiger partial charge in [-0.2, -0.15) is 0 Å². The van der Waals surface area contributed by atoms with Gasteiger partial charge >= 0.3 is 0 Å². The van der Waals surface area contributed by atoms with Gasteiger partial charge in [-0.25, -0.2) is 4.39 Å². The number of anilines is 2. The van der Waals surface area contributed by atoms with E-state index in [0.29, 0.717) is 5.69 Å². The molecule has 0 spiro atoms. The van der Waals surface area contributed by atoms with E-state index < -0.39 is 5.82 Å². The van der Waals surface area contributed by atoms with E-state index in [-0.39, 0.29) is 17.5 Å². The van der Waals surface area contributed by atoms with Crippen molar-refractivity contribution in [3.8, 4) is 0 Å². The Hall–Kier alpha value is -1.58. The highest BCUT2D eigenvalue weighted by atomic mass is 19.1. The van der Waals surface area contributed by atoms with Crippen molar-refractivity contribution in [2.45, 2.75) is 20.3 Å². The zero-order valence-electron chi connectivity index (χ0n) is 8.88. The molecule has 15 heavy (non-hydrogen) atoms. The van der Waals surface area contributed by atoms with Crippen molar-refractivity contribution in [3.63, 3.8) is 0 Å². The number of nitrogens with one attached hydrogen (secondary N) is 1. The summed E-state index contributed by atoms with van der Waals surface area (Å²) in [6, 6.07) is 4.20. The highest BCUT2D eigenvalue weighted by Gasteiger charge is 2.12. The summed E-state index contributed by atoms with van der Waals surface area (Å²) in [6.07, 6.45) is 0.725. The third-order valence-corrected chi connectivity index (χ3v) is 2.31. The van der Waals surface area contributed by atoms with Crippen LogP contribution in [0.4, 0.5) is 15.8 Å². The summed E-state index contributed by atoms with van der Waals surface area (Å²) in [4.78, 5) is 11.5. The van der Waals surface area contributed by atoms with Crippen molar-refractivity contribution in [2.24, 2.45) is 5.92 Å². The molecule has 0 heterocycles. The maximum Gasteiger partial charge on any atom is 0.227 e. The number of amides is 1. The second-order valence-electron chi connectivity index (χ2n) is 3.54. The topological polar surface area (TPSA) is 55.1 Å². The van der Waals surface area contributed by atoms with Crippen LogP contribution in [0.1, 0.15) is 20.3 Å². The fourth-order valence-electron chi connectivity index (χ4n) is 1.07. The van der Waals surface area contributed by atoms with Gasteiger partial charge in [0, 0.05) is 11.6 Å². The minimum Gasteiger partial charge on any atom is -0.399 e. The summed E-state index contributed by atoms with van der Waals surface area (Å²) < 4.78 is 13.3. The molecule has 0 saturated carbocycles. The Morgan fingerprint density at radius 1 is 1.60 bits per heavy atom. The average molecular weight is 210 g/mol. The number of benzene rings is 1. The lowest BCUT2D eigenvalue weighted by molar-refractivity contribution is -0.119. The van der Waals surface area contributed by atoms with Gasteiger partial charge in [0.2, 0.25) is 5.91 Å². The summed E-state index contributed by atoms with van der Waals surface area (Å²) in [6.45, 7) is 3.70. The van der Waals surface area contributed by atoms with Crippen LogP contribution in [-0.2, 0) is 4.79 Å². The molecule has 1 atom stereocenters. The summed E-state index contributed by atoms with van der Waals surface area (Å²) in [5.74, 6) is -0.810. The van der Waals surface area contributed by atoms with Gasteiger partial charge < -0.3 is 11.1 Å². The Labute approximate surface area is 88.5 Å². The number of nitrogen functional groups attached to an aromatic ring is 1. The van der Waals surface area contributed by atoms with E-state index >= 15 is 0 Å². The molecular formula is C11H15FN2O. The standard InChI is InChI=1S/C11H15FN2O/c1-3-7(2)11(15)14-10-5-4-8(13)6-9(10)12/h4-7H,3,13H2,1-2H3,(H,14,15)/t7-/m1/s1. The van der Waals surface area contributed by atoms with E-state index in [1.54, 1.807) is 13.0 Å². The van der Waals surface area contributed by atoms with Crippen LogP contribution in [0.25, 0.3) is 0 Å². The molecule has 0 saturated heterocycles. The molecule has 3 nitrogen and oxygen atoms in total. The molecule has 82 valence electrons. The minimum atomic E-state index is -0.508. The molecular weight excluding hydrogens is 195 g/mol. The van der Waals surface area contributed by atoms with E-state index in [2.05, 4.69) is 5.32 Å². The number of hydrogen-bond acceptors (Lipinski definition) is 2. The van der Waals surface area contributed by atoms with E-state index in [1.807, 2.05) is 6.92 Å². The predicted molar refractivity (Wildman–Crippen MR) is 58.9 cm³/mol. The maximum absolute atomic E-state index is 13.3. The quantitative estimate of drug-likeness (QED) is 0.752. The molecule has 0 aliphatic rings. The lowest BCUT2D eigenvalue weighted by Crippen LogP contribution is -2.20. The molecule has 4 heteroatoms. The molecule has 1 aromatic rings. The lowest BCUT2D eigenvalue weighted by Gasteiger charge is -2.10. The molecule has 0 unspecified atom stereocenters. The number of carbonyl (C=O) groups excluding carboxylic acids is 1. The molecule has 0 fully saturated rings. The van der Waals surface area contributed by atoms with Crippen molar-refractivity contribution in [2.75, 3.05) is 11.1 Å². The van der Waals surface area contributed by atoms with Crippen LogP contribution in [0.5, 0.6) is 0 Å². The van der Waals surface area contributed by atoms with Crippen molar-refractivity contribution >= 4 is 17.3 Å². The van der Waals surface area contributed by atoms with Crippen LogP contribution < -0.4 is 11.1 Å². The minimum absolute atomic E-state index is 0.123. The fraction of sp³-hybridized carbons (Fsp3) is 0.364. The van der Waals surface area contributed by atoms with Crippen LogP contribution in [0.3, 0.4) is 0 Å². The zero-order chi connectivity index (χ0) is 11.4. The van der Waals surface area contributed by atoms with Crippen LogP contribution in [0, 0.1) is 11.7 Å². The van der Waals surface area contributed by atoms with Gasteiger partial charge in [0.1, 0.15) is 5.82 Å². The second-order valence-corrected chi connectivity index (χ2v) is 3.54. The third kappa shape index (κ3) is 2.94. The SMILES string of the molecule is CC[C@@H](C)C(=O)Nc1ccc(N)cc1F. The zero-order valence-corrected chi connectivity index (χ0v) is 8.88. The molecule has 1 aromatic carbocycles. The highest BCUT2D eigenvalue weighted by molar-refractivity contribution is 5.92. The van der Waals surface area contributed by atoms with Crippen molar-refractivity contribution in [3.05, 3.63) is 24.0 Å². The van der Waals surface area contributed by atoms with E-state index in [9.17, 15) is 9.18 Å². The number of hydrogen-bond donors (Lipinski definition) is 2. The Morgan fingerprint density at radius 3 is 2.80 bits per heavy atom. The number of nitrogens with two attached hydrogens (primary N) is 1. The number of carbonyl (C=O) groups is 1. The van der Waals surface area contributed by atoms with Gasteiger partial charge in [-0.1, -0.05) is 13.8 Å². The van der Waals surface area contributed by atoms with Crippen LogP contribution in [0.2, 0.25) is 0 Å². The molecule has 0 aromatic heterocycles. The lowest BCUT2D eigenvalue weighted by atomic mass is 10.1. The molecule has 0 aliphatic heterocycles. The average Bonchev–Trinajstić information content (AvgIpc) is 2.20. The van der Waals surface area contributed by atoms with Gasteiger partial charge in [0.15, 0.2) is 0 Å². The summed E-state index contributed by atoms with van der Waals surface area (Å²) in [5, 5.41) is 2.52. The predicted octanol–water partition coefficient (Wildman–Crippen LogP) is 2.39. The van der Waals surface area contributed by atoms with Crippen molar-refractivity contribution < 1.29 is 9.18 Å². The molecule has 1 amide bonds. The molecule has 0 radical (unpaired) electrons. The first-order valence-corrected chi connectivity index (χ1v) is 4.90. The van der Waals surface area contributed by atoms with E-state index in [4.69, 9.17) is 5.73 Å². The van der Waals surface area contributed by atoms with Gasteiger partial charge in [0.25, 0.3) is 0 Å². The Bertz CT molecular complexity index is 366. The number of rotatable bonds is 3. The first-order chi connectivity index (χ1) is 7.04. The van der Waals surface area contributed by atoms with Crippen LogP contribution in [-0.4, -0.2) is 5.91 Å². The van der Waals surface area contributed by atoms with Gasteiger partial charge in [-0.3, -0.25) is 4.79 Å². The maximum atomic E-state index is 13.3. The van der Waals surface area contributed by atoms with E-state index in [0.717, 1.165) is 6.42 Å².